The summed E-state index contributed by atoms with van der Waals surface area (Å²) in [5.74, 6) is 5.11. The molecule has 3 aromatic rings. The quantitative estimate of drug-likeness (QED) is 0.709. The molecule has 0 aliphatic rings. The van der Waals surface area contributed by atoms with Gasteiger partial charge in [0.05, 0.1) is 17.8 Å². The molecule has 1 heterocycles. The molecule has 18 heavy (non-hydrogen) atoms. The number of nitrogens with two attached hydrogens (primary N) is 1. The van der Waals surface area contributed by atoms with Crippen molar-refractivity contribution >= 4 is 11.0 Å². The van der Waals surface area contributed by atoms with E-state index in [4.69, 9.17) is 5.90 Å². The molecule has 1 aromatic heterocycles. The van der Waals surface area contributed by atoms with E-state index in [1.165, 1.54) is 0 Å². The van der Waals surface area contributed by atoms with E-state index in [9.17, 15) is 0 Å². The van der Waals surface area contributed by atoms with E-state index in [1.54, 1.807) is 4.68 Å². The van der Waals surface area contributed by atoms with Gasteiger partial charge in [0.15, 0.2) is 0 Å². The lowest BCUT2D eigenvalue weighted by atomic mass is 10.2. The predicted octanol–water partition coefficient (Wildman–Crippen LogP) is 1.81. The number of hydrogen-bond acceptors (Lipinski definition) is 4. The first-order chi connectivity index (χ1) is 8.90. The highest BCUT2D eigenvalue weighted by Crippen LogP contribution is 2.19. The predicted molar refractivity (Wildman–Crippen MR) is 67.8 cm³/mol. The molecule has 3 rings (SSSR count). The van der Waals surface area contributed by atoms with Crippen LogP contribution in [0, 0.1) is 0 Å². The van der Waals surface area contributed by atoms with Crippen molar-refractivity contribution in [3.05, 3.63) is 54.1 Å². The Balaban J connectivity index is 2.18. The van der Waals surface area contributed by atoms with Crippen molar-refractivity contribution in [2.24, 2.45) is 5.90 Å². The summed E-state index contributed by atoms with van der Waals surface area (Å²) in [6, 6.07) is 15.7. The topological polar surface area (TPSA) is 66.0 Å². The normalized spacial score (nSPS) is 10.9. The van der Waals surface area contributed by atoms with Gasteiger partial charge in [-0.25, -0.2) is 10.6 Å². The molecule has 0 saturated heterocycles. The summed E-state index contributed by atoms with van der Waals surface area (Å²) < 4.78 is 1.80. The van der Waals surface area contributed by atoms with Crippen molar-refractivity contribution < 1.29 is 4.84 Å². The van der Waals surface area contributed by atoms with Crippen LogP contribution in [0.3, 0.4) is 0 Å². The number of benzene rings is 2. The van der Waals surface area contributed by atoms with E-state index < -0.39 is 0 Å². The van der Waals surface area contributed by atoms with Gasteiger partial charge in [0.25, 0.3) is 0 Å². The van der Waals surface area contributed by atoms with Crippen LogP contribution in [0.1, 0.15) is 5.56 Å². The zero-order valence-corrected chi connectivity index (χ0v) is 9.65. The third kappa shape index (κ3) is 1.75. The van der Waals surface area contributed by atoms with Crippen molar-refractivity contribution in [2.75, 3.05) is 0 Å². The van der Waals surface area contributed by atoms with Crippen molar-refractivity contribution in [2.45, 2.75) is 6.61 Å². The number of nitrogens with zero attached hydrogens (tertiary/aromatic N) is 3. The molecule has 0 aliphatic heterocycles. The first-order valence-corrected chi connectivity index (χ1v) is 5.60. The molecule has 0 radical (unpaired) electrons. The Hall–Kier alpha value is -2.24. The van der Waals surface area contributed by atoms with Crippen LogP contribution < -0.4 is 5.90 Å². The number of para-hydroxylation sites is 1. The number of hydrogen-bond donors (Lipinski definition) is 1. The molecule has 5 heteroatoms. The summed E-state index contributed by atoms with van der Waals surface area (Å²) in [5.41, 5.74) is 3.66. The van der Waals surface area contributed by atoms with E-state index in [-0.39, 0.29) is 0 Å². The van der Waals surface area contributed by atoms with Gasteiger partial charge in [0.1, 0.15) is 5.52 Å². The molecule has 0 fully saturated rings. The molecule has 2 N–H and O–H groups in total. The summed E-state index contributed by atoms with van der Waals surface area (Å²) >= 11 is 0. The van der Waals surface area contributed by atoms with Crippen molar-refractivity contribution in [1.82, 2.24) is 15.0 Å². The Morgan fingerprint density at radius 2 is 1.89 bits per heavy atom. The van der Waals surface area contributed by atoms with Gasteiger partial charge in [0, 0.05) is 5.56 Å². The molecule has 0 saturated carbocycles. The van der Waals surface area contributed by atoms with Gasteiger partial charge in [-0.2, -0.15) is 0 Å². The monoisotopic (exact) mass is 240 g/mol. The van der Waals surface area contributed by atoms with Gasteiger partial charge in [0.2, 0.25) is 0 Å². The minimum absolute atomic E-state index is 0.324. The first-order valence-electron chi connectivity index (χ1n) is 5.60. The summed E-state index contributed by atoms with van der Waals surface area (Å²) in [7, 11) is 0. The average molecular weight is 240 g/mol. The molecule has 0 atom stereocenters. The van der Waals surface area contributed by atoms with E-state index in [2.05, 4.69) is 15.1 Å². The Morgan fingerprint density at radius 1 is 1.06 bits per heavy atom. The van der Waals surface area contributed by atoms with Crippen LogP contribution in [0.4, 0.5) is 0 Å². The van der Waals surface area contributed by atoms with E-state index in [1.807, 2.05) is 48.5 Å². The highest BCUT2D eigenvalue weighted by molar-refractivity contribution is 5.79. The van der Waals surface area contributed by atoms with Gasteiger partial charge < -0.3 is 0 Å². The maximum absolute atomic E-state index is 5.11. The highest BCUT2D eigenvalue weighted by atomic mass is 16.6. The average Bonchev–Trinajstić information content (AvgIpc) is 2.85. The largest absolute Gasteiger partial charge is 0.300 e. The van der Waals surface area contributed by atoms with Crippen molar-refractivity contribution in [3.63, 3.8) is 0 Å². The van der Waals surface area contributed by atoms with Crippen LogP contribution in [0.5, 0.6) is 0 Å². The standard InChI is InChI=1S/C13H12N4O/c14-18-9-10-5-4-8-12-13(10)15-16-17(12)11-6-2-1-3-7-11/h1-8H,9,14H2. The Labute approximate surface area is 104 Å². The van der Waals surface area contributed by atoms with Crippen LogP contribution in [-0.2, 0) is 11.4 Å². The first kappa shape index (κ1) is 10.9. The molecular formula is C13H12N4O. The summed E-state index contributed by atoms with van der Waals surface area (Å²) in [4.78, 5) is 4.67. The van der Waals surface area contributed by atoms with Crippen molar-refractivity contribution in [3.8, 4) is 5.69 Å². The Kier molecular flexibility index (Phi) is 2.76. The maximum Gasteiger partial charge on any atom is 0.119 e. The highest BCUT2D eigenvalue weighted by Gasteiger charge is 2.09. The van der Waals surface area contributed by atoms with Gasteiger partial charge in [-0.05, 0) is 18.2 Å². The van der Waals surface area contributed by atoms with Gasteiger partial charge >= 0.3 is 0 Å². The minimum Gasteiger partial charge on any atom is -0.300 e. The van der Waals surface area contributed by atoms with Crippen LogP contribution in [0.2, 0.25) is 0 Å². The van der Waals surface area contributed by atoms with E-state index in [0.29, 0.717) is 6.61 Å². The summed E-state index contributed by atoms with van der Waals surface area (Å²) in [6.07, 6.45) is 0. The minimum atomic E-state index is 0.324. The number of rotatable bonds is 3. The number of aromatic nitrogens is 3. The van der Waals surface area contributed by atoms with Crippen LogP contribution >= 0.6 is 0 Å². The van der Waals surface area contributed by atoms with E-state index in [0.717, 1.165) is 22.3 Å². The molecule has 0 aliphatic carbocycles. The van der Waals surface area contributed by atoms with Gasteiger partial charge in [-0.3, -0.25) is 4.84 Å². The molecule has 90 valence electrons. The van der Waals surface area contributed by atoms with Gasteiger partial charge in [-0.15, -0.1) is 5.10 Å². The second-order valence-corrected chi connectivity index (χ2v) is 3.93. The smallest absolute Gasteiger partial charge is 0.119 e. The lowest BCUT2D eigenvalue weighted by molar-refractivity contribution is 0.125. The zero-order valence-electron chi connectivity index (χ0n) is 9.65. The van der Waals surface area contributed by atoms with Crippen molar-refractivity contribution in [1.29, 1.82) is 0 Å². The SMILES string of the molecule is NOCc1cccc2c1nnn2-c1ccccc1. The van der Waals surface area contributed by atoms with Crippen LogP contribution in [0.25, 0.3) is 16.7 Å². The molecule has 0 bridgehead atoms. The van der Waals surface area contributed by atoms with Gasteiger partial charge in [-0.1, -0.05) is 35.5 Å². The Morgan fingerprint density at radius 3 is 2.67 bits per heavy atom. The third-order valence-corrected chi connectivity index (χ3v) is 2.80. The lowest BCUT2D eigenvalue weighted by Gasteiger charge is -2.02. The molecule has 2 aromatic carbocycles. The fraction of sp³-hybridized carbons (Fsp3) is 0.0769. The summed E-state index contributed by atoms with van der Waals surface area (Å²) in [6.45, 7) is 0.324. The van der Waals surface area contributed by atoms with E-state index >= 15 is 0 Å². The zero-order chi connectivity index (χ0) is 12.4. The maximum atomic E-state index is 5.11. The second-order valence-electron chi connectivity index (χ2n) is 3.93. The fourth-order valence-electron chi connectivity index (χ4n) is 1.97. The third-order valence-electron chi connectivity index (χ3n) is 2.80. The number of fused-ring (bicyclic) bond motifs is 1. The van der Waals surface area contributed by atoms with Crippen LogP contribution in [-0.4, -0.2) is 15.0 Å². The molecule has 0 spiro atoms. The fourth-order valence-corrected chi connectivity index (χ4v) is 1.97. The Bertz CT molecular complexity index is 663. The lowest BCUT2D eigenvalue weighted by Crippen LogP contribution is -1.99. The molecule has 0 unspecified atom stereocenters. The molecular weight excluding hydrogens is 228 g/mol. The molecule has 0 amide bonds. The second kappa shape index (κ2) is 4.56. The van der Waals surface area contributed by atoms with Crippen LogP contribution in [0.15, 0.2) is 48.5 Å². The summed E-state index contributed by atoms with van der Waals surface area (Å²) in [5, 5.41) is 8.37. The molecule has 5 nitrogen and oxygen atoms in total.